The van der Waals surface area contributed by atoms with E-state index in [1.165, 1.54) is 0 Å². The fraction of sp³-hybridized carbons (Fsp3) is 0.188. The van der Waals surface area contributed by atoms with E-state index in [0.29, 0.717) is 12.1 Å². The maximum absolute atomic E-state index is 14.0. The molecule has 2 aromatic rings. The van der Waals surface area contributed by atoms with Crippen LogP contribution in [-0.4, -0.2) is 34.0 Å². The Bertz CT molecular complexity index is 753. The van der Waals surface area contributed by atoms with E-state index in [4.69, 9.17) is 5.11 Å². The van der Waals surface area contributed by atoms with Crippen LogP contribution in [0.5, 0.6) is 0 Å². The molecule has 0 fully saturated rings. The molecule has 0 unspecified atom stereocenters. The van der Waals surface area contributed by atoms with Crippen LogP contribution in [0.25, 0.3) is 0 Å². The molecule has 6 nitrogen and oxygen atoms in total. The number of aliphatic hydroxyl groups excluding tert-OH is 1. The summed E-state index contributed by atoms with van der Waals surface area (Å²) < 4.78 is 27.7. The van der Waals surface area contributed by atoms with Crippen LogP contribution in [-0.2, 0) is 6.54 Å². The number of amides is 1. The minimum absolute atomic E-state index is 0.0816. The quantitative estimate of drug-likeness (QED) is 0.649. The van der Waals surface area contributed by atoms with E-state index in [-0.39, 0.29) is 19.7 Å². The summed E-state index contributed by atoms with van der Waals surface area (Å²) in [7, 11) is 0. The summed E-state index contributed by atoms with van der Waals surface area (Å²) in [5.74, 6) is -3.35. The minimum atomic E-state index is -1.30. The van der Waals surface area contributed by atoms with E-state index in [9.17, 15) is 23.7 Å². The van der Waals surface area contributed by atoms with Crippen molar-refractivity contribution in [1.82, 2.24) is 4.90 Å². The zero-order chi connectivity index (χ0) is 17.7. The standard InChI is InChI=1S/C16H14F2N2O4/c17-13-9-15(20(23)24)14(18)8-12(13)16(22)19(6-7-21)10-11-4-2-1-3-5-11/h1-5,8-9,21H,6-7,10H2. The third-order valence-electron chi connectivity index (χ3n) is 3.34. The highest BCUT2D eigenvalue weighted by Crippen LogP contribution is 2.23. The second-order valence-corrected chi connectivity index (χ2v) is 4.98. The highest BCUT2D eigenvalue weighted by Gasteiger charge is 2.25. The summed E-state index contributed by atoms with van der Waals surface area (Å²) in [5, 5.41) is 19.7. The number of halogens is 2. The predicted octanol–water partition coefficient (Wildman–Crippen LogP) is 2.51. The van der Waals surface area contributed by atoms with Crippen molar-refractivity contribution in [2.75, 3.05) is 13.2 Å². The average Bonchev–Trinajstić information content (AvgIpc) is 2.56. The number of nitrogens with zero attached hydrogens (tertiary/aromatic N) is 2. The van der Waals surface area contributed by atoms with E-state index in [1.54, 1.807) is 30.3 Å². The van der Waals surface area contributed by atoms with Crippen LogP contribution in [0.1, 0.15) is 15.9 Å². The number of nitro benzene ring substituents is 1. The van der Waals surface area contributed by atoms with Crippen molar-refractivity contribution in [3.05, 3.63) is 75.3 Å². The fourth-order valence-electron chi connectivity index (χ4n) is 2.19. The molecule has 0 bridgehead atoms. The van der Waals surface area contributed by atoms with Crippen LogP contribution in [0.4, 0.5) is 14.5 Å². The molecular weight excluding hydrogens is 322 g/mol. The molecule has 1 N–H and O–H groups in total. The maximum Gasteiger partial charge on any atom is 0.307 e. The van der Waals surface area contributed by atoms with Crippen LogP contribution < -0.4 is 0 Å². The number of hydrogen-bond donors (Lipinski definition) is 1. The van der Waals surface area contributed by atoms with Gasteiger partial charge >= 0.3 is 5.69 Å². The van der Waals surface area contributed by atoms with Crippen molar-refractivity contribution >= 4 is 11.6 Å². The van der Waals surface area contributed by atoms with Crippen molar-refractivity contribution in [1.29, 1.82) is 0 Å². The Morgan fingerprint density at radius 1 is 1.17 bits per heavy atom. The lowest BCUT2D eigenvalue weighted by atomic mass is 10.1. The van der Waals surface area contributed by atoms with Crippen LogP contribution in [0, 0.1) is 21.7 Å². The Morgan fingerprint density at radius 3 is 2.42 bits per heavy atom. The summed E-state index contributed by atoms with van der Waals surface area (Å²) in [6.45, 7) is -0.375. The molecule has 0 saturated heterocycles. The molecule has 1 amide bonds. The van der Waals surface area contributed by atoms with Crippen LogP contribution in [0.3, 0.4) is 0 Å². The number of carbonyl (C=O) groups is 1. The van der Waals surface area contributed by atoms with Gasteiger partial charge in [-0.2, -0.15) is 4.39 Å². The number of hydrogen-bond acceptors (Lipinski definition) is 4. The molecule has 0 aromatic heterocycles. The van der Waals surface area contributed by atoms with Gasteiger partial charge in [0.15, 0.2) is 0 Å². The van der Waals surface area contributed by atoms with Gasteiger partial charge in [0.05, 0.1) is 23.2 Å². The predicted molar refractivity (Wildman–Crippen MR) is 81.3 cm³/mol. The molecule has 126 valence electrons. The fourth-order valence-corrected chi connectivity index (χ4v) is 2.19. The van der Waals surface area contributed by atoms with E-state index < -0.39 is 33.7 Å². The molecule has 0 radical (unpaired) electrons. The van der Waals surface area contributed by atoms with Gasteiger partial charge in [-0.25, -0.2) is 4.39 Å². The van der Waals surface area contributed by atoms with Gasteiger partial charge in [-0.05, 0) is 11.6 Å². The summed E-state index contributed by atoms with van der Waals surface area (Å²) in [6, 6.07) is 9.65. The first kappa shape index (κ1) is 17.5. The molecule has 8 heteroatoms. The van der Waals surface area contributed by atoms with Crippen molar-refractivity contribution in [2.24, 2.45) is 0 Å². The van der Waals surface area contributed by atoms with E-state index in [0.717, 1.165) is 10.5 Å². The topological polar surface area (TPSA) is 83.7 Å². The second-order valence-electron chi connectivity index (χ2n) is 4.98. The third kappa shape index (κ3) is 3.90. The molecule has 0 aliphatic rings. The third-order valence-corrected chi connectivity index (χ3v) is 3.34. The molecule has 0 aliphatic heterocycles. The number of rotatable bonds is 6. The largest absolute Gasteiger partial charge is 0.395 e. The minimum Gasteiger partial charge on any atom is -0.395 e. The summed E-state index contributed by atoms with van der Waals surface area (Å²) in [4.78, 5) is 23.1. The monoisotopic (exact) mass is 336 g/mol. The molecular formula is C16H14F2N2O4. The van der Waals surface area contributed by atoms with Gasteiger partial charge in [0.1, 0.15) is 5.82 Å². The van der Waals surface area contributed by atoms with E-state index in [1.807, 2.05) is 0 Å². The molecule has 0 aliphatic carbocycles. The first-order chi connectivity index (χ1) is 11.4. The van der Waals surface area contributed by atoms with Gasteiger partial charge in [-0.15, -0.1) is 0 Å². The van der Waals surface area contributed by atoms with Crippen molar-refractivity contribution in [2.45, 2.75) is 6.54 Å². The Kier molecular flexibility index (Phi) is 5.54. The lowest BCUT2D eigenvalue weighted by Gasteiger charge is -2.22. The lowest BCUT2D eigenvalue weighted by molar-refractivity contribution is -0.387. The Balaban J connectivity index is 2.33. The first-order valence-electron chi connectivity index (χ1n) is 7.01. The van der Waals surface area contributed by atoms with Gasteiger partial charge in [0.2, 0.25) is 5.82 Å². The first-order valence-corrected chi connectivity index (χ1v) is 7.01. The highest BCUT2D eigenvalue weighted by atomic mass is 19.1. The molecule has 0 saturated carbocycles. The Morgan fingerprint density at radius 2 is 1.83 bits per heavy atom. The van der Waals surface area contributed by atoms with Crippen molar-refractivity contribution < 1.29 is 23.6 Å². The van der Waals surface area contributed by atoms with Gasteiger partial charge in [-0.1, -0.05) is 30.3 Å². The summed E-state index contributed by atoms with van der Waals surface area (Å²) in [6.07, 6.45) is 0. The van der Waals surface area contributed by atoms with Crippen molar-refractivity contribution in [3.63, 3.8) is 0 Å². The average molecular weight is 336 g/mol. The molecule has 0 heterocycles. The van der Waals surface area contributed by atoms with Gasteiger partial charge < -0.3 is 10.0 Å². The molecule has 2 rings (SSSR count). The maximum atomic E-state index is 14.0. The SMILES string of the molecule is O=C(c1cc(F)c([N+](=O)[O-])cc1F)N(CCO)Cc1ccccc1. The molecule has 24 heavy (non-hydrogen) atoms. The second kappa shape index (κ2) is 7.60. The number of nitro groups is 1. The normalized spacial score (nSPS) is 10.5. The van der Waals surface area contributed by atoms with Crippen LogP contribution in [0.15, 0.2) is 42.5 Å². The molecule has 0 spiro atoms. The summed E-state index contributed by atoms with van der Waals surface area (Å²) in [5.41, 5.74) is -0.926. The number of aliphatic hydroxyl groups is 1. The number of carbonyl (C=O) groups excluding carboxylic acids is 1. The molecule has 0 atom stereocenters. The lowest BCUT2D eigenvalue weighted by Crippen LogP contribution is -2.33. The van der Waals surface area contributed by atoms with Crippen LogP contribution in [0.2, 0.25) is 0 Å². The zero-order valence-corrected chi connectivity index (χ0v) is 12.5. The van der Waals surface area contributed by atoms with E-state index >= 15 is 0 Å². The Labute approximate surface area is 136 Å². The van der Waals surface area contributed by atoms with Gasteiger partial charge in [0, 0.05) is 13.1 Å². The number of benzene rings is 2. The summed E-state index contributed by atoms with van der Waals surface area (Å²) >= 11 is 0. The van der Waals surface area contributed by atoms with Crippen LogP contribution >= 0.6 is 0 Å². The zero-order valence-electron chi connectivity index (χ0n) is 12.5. The van der Waals surface area contributed by atoms with Crippen molar-refractivity contribution in [3.8, 4) is 0 Å². The molecule has 2 aromatic carbocycles. The van der Waals surface area contributed by atoms with E-state index in [2.05, 4.69) is 0 Å². The van der Waals surface area contributed by atoms with Gasteiger partial charge in [0.25, 0.3) is 5.91 Å². The highest BCUT2D eigenvalue weighted by molar-refractivity contribution is 5.94. The Hall–Kier alpha value is -2.87. The van der Waals surface area contributed by atoms with Gasteiger partial charge in [-0.3, -0.25) is 14.9 Å². The smallest absolute Gasteiger partial charge is 0.307 e.